The van der Waals surface area contributed by atoms with Gasteiger partial charge in [-0.05, 0) is 56.5 Å². The van der Waals surface area contributed by atoms with E-state index in [2.05, 4.69) is 15.5 Å². The maximum atomic E-state index is 13.1. The summed E-state index contributed by atoms with van der Waals surface area (Å²) in [5, 5.41) is 5.86. The standard InChI is InChI=1S/C25H33N3O5/c1-4-33-16-8-13-26-24(29)19-17-18(11-12-20(19)28-14-5-6-15-28)27-25(30)23-21(31-2)9-7-10-22(23)32-3/h7,9-12,17H,4-6,8,13-16H2,1-3H3,(H,26,29)(H,27,30). The quantitative estimate of drug-likeness (QED) is 0.502. The first kappa shape index (κ1) is 24.4. The van der Waals surface area contributed by atoms with Crippen LogP contribution in [0.3, 0.4) is 0 Å². The molecule has 2 aromatic rings. The summed E-state index contributed by atoms with van der Waals surface area (Å²) in [6.07, 6.45) is 2.94. The number of methoxy groups -OCH3 is 2. The van der Waals surface area contributed by atoms with Gasteiger partial charge in [0.1, 0.15) is 17.1 Å². The van der Waals surface area contributed by atoms with Crippen molar-refractivity contribution in [2.45, 2.75) is 26.2 Å². The second-order valence-corrected chi connectivity index (χ2v) is 7.72. The maximum Gasteiger partial charge on any atom is 0.263 e. The van der Waals surface area contributed by atoms with Crippen molar-refractivity contribution in [3.8, 4) is 11.5 Å². The second kappa shape index (κ2) is 12.1. The van der Waals surface area contributed by atoms with Crippen LogP contribution < -0.4 is 25.0 Å². The van der Waals surface area contributed by atoms with Crippen LogP contribution in [0.15, 0.2) is 36.4 Å². The average molecular weight is 456 g/mol. The number of rotatable bonds is 11. The van der Waals surface area contributed by atoms with Crippen LogP contribution in [0.2, 0.25) is 0 Å². The van der Waals surface area contributed by atoms with Gasteiger partial charge in [0.2, 0.25) is 0 Å². The minimum absolute atomic E-state index is 0.167. The third-order valence-electron chi connectivity index (χ3n) is 5.56. The van der Waals surface area contributed by atoms with Crippen LogP contribution >= 0.6 is 0 Å². The summed E-state index contributed by atoms with van der Waals surface area (Å²) in [7, 11) is 3.01. The Bertz CT molecular complexity index is 935. The Kier molecular flexibility index (Phi) is 8.95. The zero-order chi connectivity index (χ0) is 23.6. The summed E-state index contributed by atoms with van der Waals surface area (Å²) in [6.45, 7) is 5.55. The van der Waals surface area contributed by atoms with Crippen LogP contribution in [-0.4, -0.2) is 58.9 Å². The van der Waals surface area contributed by atoms with Crippen molar-refractivity contribution in [3.63, 3.8) is 0 Å². The molecule has 0 bridgehead atoms. The molecule has 1 aliphatic rings. The van der Waals surface area contributed by atoms with Crippen LogP contribution in [0.25, 0.3) is 0 Å². The minimum Gasteiger partial charge on any atom is -0.496 e. The van der Waals surface area contributed by atoms with Gasteiger partial charge < -0.3 is 29.7 Å². The van der Waals surface area contributed by atoms with Gasteiger partial charge in [-0.1, -0.05) is 6.07 Å². The molecular formula is C25H33N3O5. The Morgan fingerprint density at radius 1 is 1.00 bits per heavy atom. The summed E-state index contributed by atoms with van der Waals surface area (Å²) in [6, 6.07) is 10.6. The van der Waals surface area contributed by atoms with Gasteiger partial charge in [-0.15, -0.1) is 0 Å². The summed E-state index contributed by atoms with van der Waals surface area (Å²) in [5.41, 5.74) is 2.24. The molecule has 2 N–H and O–H groups in total. The molecule has 0 saturated carbocycles. The molecule has 0 atom stereocenters. The van der Waals surface area contributed by atoms with E-state index in [0.717, 1.165) is 38.0 Å². The van der Waals surface area contributed by atoms with Gasteiger partial charge >= 0.3 is 0 Å². The summed E-state index contributed by atoms with van der Waals surface area (Å²) in [5.74, 6) is 0.279. The van der Waals surface area contributed by atoms with Gasteiger partial charge in [0.25, 0.3) is 11.8 Å². The molecule has 178 valence electrons. The van der Waals surface area contributed by atoms with Crippen molar-refractivity contribution >= 4 is 23.2 Å². The van der Waals surface area contributed by atoms with E-state index in [4.69, 9.17) is 14.2 Å². The van der Waals surface area contributed by atoms with E-state index in [-0.39, 0.29) is 11.8 Å². The lowest BCUT2D eigenvalue weighted by Gasteiger charge is -2.22. The van der Waals surface area contributed by atoms with E-state index in [0.29, 0.717) is 48.1 Å². The lowest BCUT2D eigenvalue weighted by molar-refractivity contribution is 0.0943. The Balaban J connectivity index is 1.82. The first-order valence-corrected chi connectivity index (χ1v) is 11.4. The summed E-state index contributed by atoms with van der Waals surface area (Å²) in [4.78, 5) is 28.3. The molecule has 0 radical (unpaired) electrons. The van der Waals surface area contributed by atoms with Crippen molar-refractivity contribution in [3.05, 3.63) is 47.5 Å². The van der Waals surface area contributed by atoms with Gasteiger partial charge in [-0.2, -0.15) is 0 Å². The molecule has 1 heterocycles. The van der Waals surface area contributed by atoms with Crippen LogP contribution in [0.1, 0.15) is 46.9 Å². The zero-order valence-corrected chi connectivity index (χ0v) is 19.6. The molecule has 8 heteroatoms. The summed E-state index contributed by atoms with van der Waals surface area (Å²) < 4.78 is 16.0. The maximum absolute atomic E-state index is 13.1. The van der Waals surface area contributed by atoms with Crippen LogP contribution in [0.5, 0.6) is 11.5 Å². The largest absolute Gasteiger partial charge is 0.496 e. The molecule has 1 saturated heterocycles. The summed E-state index contributed by atoms with van der Waals surface area (Å²) >= 11 is 0. The highest BCUT2D eigenvalue weighted by molar-refractivity contribution is 6.09. The highest BCUT2D eigenvalue weighted by atomic mass is 16.5. The fourth-order valence-electron chi connectivity index (χ4n) is 3.91. The molecule has 8 nitrogen and oxygen atoms in total. The van der Waals surface area contributed by atoms with Crippen molar-refractivity contribution < 1.29 is 23.8 Å². The number of carbonyl (C=O) groups excluding carboxylic acids is 2. The average Bonchev–Trinajstić information content (AvgIpc) is 3.38. The van der Waals surface area contributed by atoms with Gasteiger partial charge in [-0.25, -0.2) is 0 Å². The number of anilines is 2. The molecule has 3 rings (SSSR count). The molecule has 1 aliphatic heterocycles. The number of nitrogens with one attached hydrogen (secondary N) is 2. The third-order valence-corrected chi connectivity index (χ3v) is 5.56. The SMILES string of the molecule is CCOCCCNC(=O)c1cc(NC(=O)c2c(OC)cccc2OC)ccc1N1CCCC1. The first-order chi connectivity index (χ1) is 16.1. The number of hydrogen-bond acceptors (Lipinski definition) is 6. The smallest absolute Gasteiger partial charge is 0.263 e. The first-order valence-electron chi connectivity index (χ1n) is 11.4. The lowest BCUT2D eigenvalue weighted by Crippen LogP contribution is -2.29. The predicted molar refractivity (Wildman–Crippen MR) is 129 cm³/mol. The van der Waals surface area contributed by atoms with E-state index in [1.165, 1.54) is 14.2 Å². The molecule has 0 unspecified atom stereocenters. The minimum atomic E-state index is -0.374. The zero-order valence-electron chi connectivity index (χ0n) is 19.6. The normalized spacial score (nSPS) is 13.0. The van der Waals surface area contributed by atoms with Crippen LogP contribution in [-0.2, 0) is 4.74 Å². The lowest BCUT2D eigenvalue weighted by atomic mass is 10.1. The number of hydrogen-bond donors (Lipinski definition) is 2. The number of nitrogens with zero attached hydrogens (tertiary/aromatic N) is 1. The van der Waals surface area contributed by atoms with Crippen LogP contribution in [0.4, 0.5) is 11.4 Å². The Hall–Kier alpha value is -3.26. The molecule has 0 spiro atoms. The Morgan fingerprint density at radius 2 is 1.70 bits per heavy atom. The Morgan fingerprint density at radius 3 is 2.33 bits per heavy atom. The number of carbonyl (C=O) groups is 2. The van der Waals surface area contributed by atoms with Crippen molar-refractivity contribution in [1.82, 2.24) is 5.32 Å². The van der Waals surface area contributed by atoms with E-state index in [1.807, 2.05) is 19.1 Å². The molecule has 1 fully saturated rings. The molecule has 2 amide bonds. The Labute approximate surface area is 195 Å². The highest BCUT2D eigenvalue weighted by Gasteiger charge is 2.22. The topological polar surface area (TPSA) is 89.1 Å². The van der Waals surface area contributed by atoms with Crippen molar-refractivity contribution in [2.75, 3.05) is 57.3 Å². The molecular weight excluding hydrogens is 422 g/mol. The second-order valence-electron chi connectivity index (χ2n) is 7.72. The highest BCUT2D eigenvalue weighted by Crippen LogP contribution is 2.31. The van der Waals surface area contributed by atoms with Gasteiger partial charge in [0.05, 0.1) is 19.8 Å². The van der Waals surface area contributed by atoms with Crippen LogP contribution in [0, 0.1) is 0 Å². The third kappa shape index (κ3) is 6.16. The fourth-order valence-corrected chi connectivity index (χ4v) is 3.91. The van der Waals surface area contributed by atoms with Gasteiger partial charge in [0, 0.05) is 44.2 Å². The number of amides is 2. The number of ether oxygens (including phenoxy) is 3. The predicted octanol–water partition coefficient (Wildman–Crippen LogP) is 3.71. The van der Waals surface area contributed by atoms with Gasteiger partial charge in [-0.3, -0.25) is 9.59 Å². The van der Waals surface area contributed by atoms with Crippen molar-refractivity contribution in [2.24, 2.45) is 0 Å². The monoisotopic (exact) mass is 455 g/mol. The fraction of sp³-hybridized carbons (Fsp3) is 0.440. The molecule has 0 aromatic heterocycles. The van der Waals surface area contributed by atoms with E-state index in [9.17, 15) is 9.59 Å². The molecule has 2 aromatic carbocycles. The molecule has 0 aliphatic carbocycles. The van der Waals surface area contributed by atoms with E-state index in [1.54, 1.807) is 24.3 Å². The molecule has 33 heavy (non-hydrogen) atoms. The van der Waals surface area contributed by atoms with E-state index >= 15 is 0 Å². The number of benzene rings is 2. The van der Waals surface area contributed by atoms with Crippen molar-refractivity contribution in [1.29, 1.82) is 0 Å². The van der Waals surface area contributed by atoms with Gasteiger partial charge in [0.15, 0.2) is 0 Å². The van der Waals surface area contributed by atoms with E-state index < -0.39 is 0 Å².